The summed E-state index contributed by atoms with van der Waals surface area (Å²) in [7, 11) is 3.23. The molecule has 0 aliphatic carbocycles. The molecule has 0 heterocycles. The molecule has 100 valence electrons. The number of aldehydes is 1. The minimum Gasteiger partial charge on any atom is -0.465 e. The number of carbonyl (C=O) groups excluding carboxylic acids is 2. The van der Waals surface area contributed by atoms with Crippen LogP contribution in [0.1, 0.15) is 20.7 Å². The van der Waals surface area contributed by atoms with Crippen LogP contribution in [-0.4, -0.2) is 27.2 Å². The predicted molar refractivity (Wildman–Crippen MR) is 77.9 cm³/mol. The van der Waals surface area contributed by atoms with E-state index >= 15 is 0 Å². The highest BCUT2D eigenvalue weighted by atomic mass is 16.5. The SMILES string of the molecule is Bc1ccc(Oc2ccc(C(=O)OC)cc2)c(C=O)c1. The Morgan fingerprint density at radius 1 is 1.15 bits per heavy atom. The highest BCUT2D eigenvalue weighted by molar-refractivity contribution is 6.32. The van der Waals surface area contributed by atoms with E-state index in [-0.39, 0.29) is 0 Å². The van der Waals surface area contributed by atoms with Crippen molar-refractivity contribution in [3.8, 4) is 11.5 Å². The van der Waals surface area contributed by atoms with E-state index in [0.717, 1.165) is 11.7 Å². The van der Waals surface area contributed by atoms with Gasteiger partial charge in [0.2, 0.25) is 0 Å². The highest BCUT2D eigenvalue weighted by Crippen LogP contribution is 2.24. The lowest BCUT2D eigenvalue weighted by Gasteiger charge is -2.09. The monoisotopic (exact) mass is 268 g/mol. The summed E-state index contributed by atoms with van der Waals surface area (Å²) in [6.07, 6.45) is 0.755. The second kappa shape index (κ2) is 6.06. The van der Waals surface area contributed by atoms with Crippen molar-refractivity contribution in [3.05, 3.63) is 53.6 Å². The molecular weight excluding hydrogens is 255 g/mol. The fourth-order valence-electron chi connectivity index (χ4n) is 1.76. The van der Waals surface area contributed by atoms with Gasteiger partial charge in [-0.3, -0.25) is 4.79 Å². The molecule has 0 fully saturated rings. The zero-order valence-corrected chi connectivity index (χ0v) is 11.3. The van der Waals surface area contributed by atoms with E-state index < -0.39 is 5.97 Å². The standard InChI is InChI=1S/C15H13BO4/c1-19-15(18)10-2-5-13(6-3-10)20-14-7-4-12(16)8-11(14)9-17/h2-9H,16H2,1H3. The molecule has 0 N–H and O–H groups in total. The van der Waals surface area contributed by atoms with Crippen LogP contribution >= 0.6 is 0 Å². The average molecular weight is 268 g/mol. The van der Waals surface area contributed by atoms with E-state index in [4.69, 9.17) is 4.74 Å². The van der Waals surface area contributed by atoms with E-state index in [9.17, 15) is 9.59 Å². The summed E-state index contributed by atoms with van der Waals surface area (Å²) < 4.78 is 10.3. The summed E-state index contributed by atoms with van der Waals surface area (Å²) in [5, 5.41) is 0. The normalized spacial score (nSPS) is 9.85. The molecule has 0 aliphatic heterocycles. The first-order valence-corrected chi connectivity index (χ1v) is 6.06. The van der Waals surface area contributed by atoms with Crippen molar-refractivity contribution in [2.45, 2.75) is 0 Å². The lowest BCUT2D eigenvalue weighted by molar-refractivity contribution is 0.0600. The van der Waals surface area contributed by atoms with Gasteiger partial charge in [0.05, 0.1) is 18.2 Å². The predicted octanol–water partition coefficient (Wildman–Crippen LogP) is 1.34. The summed E-state index contributed by atoms with van der Waals surface area (Å²) in [5.74, 6) is 0.626. The highest BCUT2D eigenvalue weighted by Gasteiger charge is 2.07. The molecule has 0 aliphatic rings. The van der Waals surface area contributed by atoms with E-state index in [2.05, 4.69) is 4.74 Å². The quantitative estimate of drug-likeness (QED) is 0.477. The summed E-state index contributed by atoms with van der Waals surface area (Å²) in [6, 6.07) is 11.9. The van der Waals surface area contributed by atoms with Crippen LogP contribution in [0.5, 0.6) is 11.5 Å². The second-order valence-corrected chi connectivity index (χ2v) is 4.28. The molecule has 0 amide bonds. The van der Waals surface area contributed by atoms with E-state index in [0.29, 0.717) is 22.6 Å². The van der Waals surface area contributed by atoms with Crippen LogP contribution < -0.4 is 10.2 Å². The molecule has 0 aromatic heterocycles. The number of carbonyl (C=O) groups is 2. The number of rotatable bonds is 4. The fraction of sp³-hybridized carbons (Fsp3) is 0.0667. The number of hydrogen-bond donors (Lipinski definition) is 0. The third-order valence-corrected chi connectivity index (χ3v) is 2.80. The Bertz CT molecular complexity index is 635. The molecule has 0 radical (unpaired) electrons. The lowest BCUT2D eigenvalue weighted by atomic mass is 9.94. The molecule has 0 bridgehead atoms. The maximum atomic E-state index is 11.3. The third kappa shape index (κ3) is 3.06. The zero-order chi connectivity index (χ0) is 14.5. The third-order valence-electron chi connectivity index (χ3n) is 2.80. The van der Waals surface area contributed by atoms with Gasteiger partial charge in [-0.15, -0.1) is 0 Å². The van der Waals surface area contributed by atoms with Gasteiger partial charge in [0.25, 0.3) is 0 Å². The maximum Gasteiger partial charge on any atom is 0.337 e. The first-order chi connectivity index (χ1) is 9.63. The molecule has 0 atom stereocenters. The van der Waals surface area contributed by atoms with Gasteiger partial charge in [-0.1, -0.05) is 17.6 Å². The van der Waals surface area contributed by atoms with Crippen molar-refractivity contribution >= 4 is 25.6 Å². The Balaban J connectivity index is 2.22. The molecule has 5 heteroatoms. The van der Waals surface area contributed by atoms with Gasteiger partial charge >= 0.3 is 5.97 Å². The second-order valence-electron chi connectivity index (χ2n) is 4.28. The van der Waals surface area contributed by atoms with Gasteiger partial charge in [-0.25, -0.2) is 4.79 Å². The number of methoxy groups -OCH3 is 1. The Hall–Kier alpha value is -2.56. The van der Waals surface area contributed by atoms with Crippen molar-refractivity contribution in [2.24, 2.45) is 0 Å². The minimum absolute atomic E-state index is 0.402. The smallest absolute Gasteiger partial charge is 0.337 e. The molecule has 0 spiro atoms. The largest absolute Gasteiger partial charge is 0.465 e. The van der Waals surface area contributed by atoms with Gasteiger partial charge < -0.3 is 9.47 Å². The molecular formula is C15H13BO4. The molecule has 20 heavy (non-hydrogen) atoms. The van der Waals surface area contributed by atoms with E-state index in [1.807, 2.05) is 13.9 Å². The van der Waals surface area contributed by atoms with E-state index in [1.54, 1.807) is 36.4 Å². The molecule has 0 saturated heterocycles. The summed E-state index contributed by atoms with van der Waals surface area (Å²) in [6.45, 7) is 0. The fourth-order valence-corrected chi connectivity index (χ4v) is 1.76. The lowest BCUT2D eigenvalue weighted by Crippen LogP contribution is -2.04. The topological polar surface area (TPSA) is 52.6 Å². The Morgan fingerprint density at radius 3 is 2.45 bits per heavy atom. The van der Waals surface area contributed by atoms with Crippen LogP contribution in [-0.2, 0) is 4.74 Å². The van der Waals surface area contributed by atoms with Gasteiger partial charge in [0.1, 0.15) is 19.3 Å². The van der Waals surface area contributed by atoms with Crippen LogP contribution in [0.25, 0.3) is 0 Å². The van der Waals surface area contributed by atoms with Gasteiger partial charge in [-0.2, -0.15) is 0 Å². The van der Waals surface area contributed by atoms with Crippen LogP contribution in [0, 0.1) is 0 Å². The van der Waals surface area contributed by atoms with Crippen molar-refractivity contribution in [3.63, 3.8) is 0 Å². The van der Waals surface area contributed by atoms with Crippen molar-refractivity contribution < 1.29 is 19.1 Å². The average Bonchev–Trinajstić information content (AvgIpc) is 2.49. The summed E-state index contributed by atoms with van der Waals surface area (Å²) in [4.78, 5) is 22.3. The molecule has 2 aromatic carbocycles. The van der Waals surface area contributed by atoms with Crippen molar-refractivity contribution in [2.75, 3.05) is 7.11 Å². The maximum absolute atomic E-state index is 11.3. The number of esters is 1. The molecule has 2 aromatic rings. The zero-order valence-electron chi connectivity index (χ0n) is 11.3. The number of benzene rings is 2. The Morgan fingerprint density at radius 2 is 1.85 bits per heavy atom. The van der Waals surface area contributed by atoms with Crippen LogP contribution in [0.2, 0.25) is 0 Å². The number of hydrogen-bond acceptors (Lipinski definition) is 4. The van der Waals surface area contributed by atoms with Crippen LogP contribution in [0.3, 0.4) is 0 Å². The van der Waals surface area contributed by atoms with Crippen LogP contribution in [0.4, 0.5) is 0 Å². The number of ether oxygens (including phenoxy) is 2. The van der Waals surface area contributed by atoms with Crippen molar-refractivity contribution in [1.82, 2.24) is 0 Å². The summed E-state index contributed by atoms with van der Waals surface area (Å²) in [5.41, 5.74) is 1.92. The Kier molecular flexibility index (Phi) is 4.20. The molecule has 4 nitrogen and oxygen atoms in total. The van der Waals surface area contributed by atoms with Crippen LogP contribution in [0.15, 0.2) is 42.5 Å². The molecule has 0 saturated carbocycles. The minimum atomic E-state index is -0.402. The first kappa shape index (κ1) is 13.9. The molecule has 2 rings (SSSR count). The van der Waals surface area contributed by atoms with Gasteiger partial charge in [0.15, 0.2) is 6.29 Å². The summed E-state index contributed by atoms with van der Waals surface area (Å²) >= 11 is 0. The molecule has 0 unspecified atom stereocenters. The van der Waals surface area contributed by atoms with Gasteiger partial charge in [-0.05, 0) is 30.3 Å². The first-order valence-electron chi connectivity index (χ1n) is 6.06. The van der Waals surface area contributed by atoms with Crippen molar-refractivity contribution in [1.29, 1.82) is 0 Å². The van der Waals surface area contributed by atoms with E-state index in [1.165, 1.54) is 7.11 Å². The van der Waals surface area contributed by atoms with Gasteiger partial charge in [0, 0.05) is 0 Å². The Labute approximate surface area is 117 Å².